The molecule has 0 radical (unpaired) electrons. The highest BCUT2D eigenvalue weighted by Crippen LogP contribution is 2.12. The molecule has 0 spiro atoms. The second-order valence-corrected chi connectivity index (χ2v) is 3.23. The predicted molar refractivity (Wildman–Crippen MR) is 45.4 cm³/mol. The summed E-state index contributed by atoms with van der Waals surface area (Å²) in [4.78, 5) is 19.8. The Morgan fingerprint density at radius 3 is 2.67 bits per heavy atom. The number of halogens is 3. The molecule has 2 rings (SSSR count). The van der Waals surface area contributed by atoms with Crippen molar-refractivity contribution in [3.63, 3.8) is 0 Å². The molecule has 5 nitrogen and oxygen atoms in total. The molecule has 0 bridgehead atoms. The number of rotatable bonds is 0. The molecule has 9 heteroatoms. The van der Waals surface area contributed by atoms with E-state index < -0.39 is 12.1 Å². The Morgan fingerprint density at radius 1 is 1.60 bits per heavy atom. The van der Waals surface area contributed by atoms with Gasteiger partial charge < -0.3 is 9.90 Å². The fourth-order valence-corrected chi connectivity index (χ4v) is 1.35. The second-order valence-electron chi connectivity index (χ2n) is 2.27. The molecule has 0 aromatic heterocycles. The molecule has 15 heavy (non-hydrogen) atoms. The zero-order valence-electron chi connectivity index (χ0n) is 7.04. The van der Waals surface area contributed by atoms with E-state index in [1.807, 2.05) is 0 Å². The van der Waals surface area contributed by atoms with Crippen molar-refractivity contribution < 1.29 is 28.1 Å². The number of thioether (sulfide) groups is 1. The van der Waals surface area contributed by atoms with Crippen LogP contribution >= 0.6 is 11.8 Å². The van der Waals surface area contributed by atoms with Crippen LogP contribution in [0.5, 0.6) is 0 Å². The van der Waals surface area contributed by atoms with Gasteiger partial charge >= 0.3 is 12.0 Å². The summed E-state index contributed by atoms with van der Waals surface area (Å²) in [5, 5.41) is 9.89. The molecule has 2 heterocycles. The third kappa shape index (κ3) is 3.35. The second kappa shape index (κ2) is 4.43. The third-order valence-corrected chi connectivity index (χ3v) is 2.09. The number of fused-ring (bicyclic) bond motifs is 1. The van der Waals surface area contributed by atoms with Crippen LogP contribution in [0.15, 0.2) is 9.98 Å². The Morgan fingerprint density at radius 2 is 2.20 bits per heavy atom. The minimum atomic E-state index is -5.19. The van der Waals surface area contributed by atoms with Gasteiger partial charge in [-0.25, -0.2) is 9.98 Å². The highest BCUT2D eigenvalue weighted by atomic mass is 32.2. The number of aliphatic carboxylic acids is 1. The number of carboxylic acid groups (broad SMARTS) is 1. The number of amidine groups is 1. The van der Waals surface area contributed by atoms with Crippen LogP contribution in [0.1, 0.15) is 0 Å². The van der Waals surface area contributed by atoms with Gasteiger partial charge in [-0.15, -0.1) is 0 Å². The van der Waals surface area contributed by atoms with Crippen LogP contribution in [0.2, 0.25) is 0 Å². The summed E-state index contributed by atoms with van der Waals surface area (Å²) < 4.78 is 31.5. The van der Waals surface area contributed by atoms with E-state index >= 15 is 0 Å². The van der Waals surface area contributed by atoms with Crippen LogP contribution in [0, 0.1) is 0 Å². The van der Waals surface area contributed by atoms with Crippen LogP contribution < -0.4 is 10.1 Å². The highest BCUT2D eigenvalue weighted by molar-refractivity contribution is 8.16. The summed E-state index contributed by atoms with van der Waals surface area (Å²) in [6.45, 7) is 0. The highest BCUT2D eigenvalue weighted by Gasteiger charge is 2.28. The summed E-state index contributed by atoms with van der Waals surface area (Å²) >= 11 is 1.69. The van der Waals surface area contributed by atoms with Crippen molar-refractivity contribution in [1.82, 2.24) is 0 Å². The van der Waals surface area contributed by atoms with E-state index in [-0.39, 0.29) is 0 Å². The standard InChI is InChI=1S/C4H3N3S.C2HF3O2/c1-5-3-4(6-1)8-2-7-3;3-2(4,5)1(6)7/h1H,2H2;(H,6,7). The van der Waals surface area contributed by atoms with Gasteiger partial charge in [0.1, 0.15) is 5.97 Å². The van der Waals surface area contributed by atoms with Crippen molar-refractivity contribution in [3.8, 4) is 0 Å². The number of nitrogens with one attached hydrogen (secondary N) is 1. The molecule has 0 aromatic carbocycles. The number of carboxylic acids is 1. The first-order valence-electron chi connectivity index (χ1n) is 3.53. The molecule has 0 amide bonds. The van der Waals surface area contributed by atoms with Crippen LogP contribution in [0.4, 0.5) is 13.2 Å². The smallest absolute Gasteiger partial charge is 0.430 e. The monoisotopic (exact) mass is 239 g/mol. The molecular formula is C6H4F3N3O2S. The molecule has 2 aliphatic heterocycles. The number of aliphatic imine (C=N–C) groups is 2. The van der Waals surface area contributed by atoms with Crippen molar-refractivity contribution in [3.05, 3.63) is 0 Å². The molecule has 0 saturated carbocycles. The van der Waals surface area contributed by atoms with Crippen molar-refractivity contribution >= 4 is 34.9 Å². The number of carbonyl (C=O) groups is 1. The lowest BCUT2D eigenvalue weighted by Crippen LogP contribution is -2.68. The van der Waals surface area contributed by atoms with Crippen LogP contribution in [0.3, 0.4) is 0 Å². The van der Waals surface area contributed by atoms with Crippen molar-refractivity contribution in [2.24, 2.45) is 9.98 Å². The van der Waals surface area contributed by atoms with Crippen molar-refractivity contribution in [2.45, 2.75) is 6.18 Å². The van der Waals surface area contributed by atoms with Crippen molar-refractivity contribution in [2.75, 3.05) is 5.88 Å². The van der Waals surface area contributed by atoms with Gasteiger partial charge in [0.15, 0.2) is 0 Å². The molecule has 1 N–H and O–H groups in total. The van der Waals surface area contributed by atoms with Gasteiger partial charge in [0.2, 0.25) is 5.04 Å². The number of nitrogens with zero attached hydrogens (tertiary/aromatic N) is 2. The first kappa shape index (κ1) is 11.7. The van der Waals surface area contributed by atoms with Gasteiger partial charge in [0.25, 0.3) is 6.34 Å². The average Bonchev–Trinajstić information content (AvgIpc) is 2.61. The average molecular weight is 239 g/mol. The van der Waals surface area contributed by atoms with Crippen molar-refractivity contribution in [1.29, 1.82) is 0 Å². The van der Waals surface area contributed by atoms with Crippen LogP contribution in [-0.2, 0) is 4.79 Å². The zero-order valence-corrected chi connectivity index (χ0v) is 7.85. The normalized spacial score (nSPS) is 17.5. The molecule has 0 fully saturated rings. The number of hydrogen-bond acceptors (Lipinski definition) is 5. The molecule has 0 unspecified atom stereocenters. The van der Waals surface area contributed by atoms with Gasteiger partial charge in [0.05, 0.1) is 5.88 Å². The SMILES string of the molecule is C1=NC2=NCSC2=[NH+]1.O=C([O-])C(F)(F)F. The Bertz CT molecular complexity index is 361. The molecule has 0 saturated heterocycles. The van der Waals surface area contributed by atoms with Gasteiger partial charge in [0, 0.05) is 0 Å². The summed E-state index contributed by atoms with van der Waals surface area (Å²) in [6, 6.07) is 0. The maximum absolute atomic E-state index is 10.5. The summed E-state index contributed by atoms with van der Waals surface area (Å²) in [7, 11) is 0. The van der Waals surface area contributed by atoms with E-state index in [1.54, 1.807) is 18.1 Å². The fourth-order valence-electron chi connectivity index (χ4n) is 0.652. The van der Waals surface area contributed by atoms with Gasteiger partial charge in [-0.2, -0.15) is 13.2 Å². The molecule has 0 aromatic rings. The largest absolute Gasteiger partial charge is 0.542 e. The van der Waals surface area contributed by atoms with E-state index in [1.165, 1.54) is 0 Å². The third-order valence-electron chi connectivity index (χ3n) is 1.24. The van der Waals surface area contributed by atoms with E-state index in [0.717, 1.165) is 16.8 Å². The minimum Gasteiger partial charge on any atom is -0.542 e. The number of carbonyl (C=O) groups excluding carboxylic acids is 1. The van der Waals surface area contributed by atoms with E-state index in [2.05, 4.69) is 15.0 Å². The number of alkyl halides is 3. The lowest BCUT2D eigenvalue weighted by atomic mass is 10.7. The zero-order chi connectivity index (χ0) is 11.5. The lowest BCUT2D eigenvalue weighted by Gasteiger charge is -2.03. The maximum Gasteiger partial charge on any atom is 0.430 e. The fraction of sp³-hybridized carbons (Fsp3) is 0.333. The summed E-state index contributed by atoms with van der Waals surface area (Å²) in [5.74, 6) is -1.31. The Labute approximate surface area is 85.8 Å². The minimum absolute atomic E-state index is 0.828. The van der Waals surface area contributed by atoms with Gasteiger partial charge in [-0.05, 0) is 4.99 Å². The Kier molecular flexibility index (Phi) is 3.45. The van der Waals surface area contributed by atoms with E-state index in [0.29, 0.717) is 0 Å². The summed E-state index contributed by atoms with van der Waals surface area (Å²) in [5.41, 5.74) is 0. The summed E-state index contributed by atoms with van der Waals surface area (Å²) in [6.07, 6.45) is -3.53. The van der Waals surface area contributed by atoms with Crippen LogP contribution in [0.25, 0.3) is 0 Å². The predicted octanol–water partition coefficient (Wildman–Crippen LogP) is -2.09. The van der Waals surface area contributed by atoms with Crippen LogP contribution in [-0.4, -0.2) is 35.2 Å². The van der Waals surface area contributed by atoms with E-state index in [9.17, 15) is 13.2 Å². The Balaban J connectivity index is 0.000000153. The first-order chi connectivity index (χ1) is 6.91. The topological polar surface area (TPSA) is 78.8 Å². The molecule has 82 valence electrons. The van der Waals surface area contributed by atoms with Gasteiger partial charge in [-0.3, -0.25) is 0 Å². The molecular weight excluding hydrogens is 235 g/mol. The number of hydrogen-bond donors (Lipinski definition) is 1. The van der Waals surface area contributed by atoms with Gasteiger partial charge in [-0.1, -0.05) is 11.8 Å². The van der Waals surface area contributed by atoms with E-state index in [4.69, 9.17) is 9.90 Å². The molecule has 0 atom stereocenters. The lowest BCUT2D eigenvalue weighted by molar-refractivity contribution is -0.344. The first-order valence-corrected chi connectivity index (χ1v) is 4.51. The molecule has 2 aliphatic rings. The molecule has 0 aliphatic carbocycles. The Hall–Kier alpha value is -1.38. The quantitative estimate of drug-likeness (QED) is 0.526. The maximum atomic E-state index is 10.5.